The number of fused-ring (bicyclic) bond motifs is 20. The monoisotopic (exact) mass is 770 g/mol. The topological polar surface area (TPSA) is 77.8 Å². The Morgan fingerprint density at radius 1 is 0.451 bits per heavy atom. The molecule has 4 saturated heterocycles. The average molecular weight is 771 g/mol. The predicted octanol–water partition coefficient (Wildman–Crippen LogP) is 7.14. The van der Waals surface area contributed by atoms with Gasteiger partial charge in [-0.05, 0) is 186 Å². The Bertz CT molecular complexity index is 1290. The van der Waals surface area contributed by atoms with E-state index in [1.165, 1.54) is 89.1 Å². The van der Waals surface area contributed by atoms with E-state index in [9.17, 15) is 0 Å². The minimum atomic E-state index is -2.46. The molecular formula is C40H66O7Si4. The number of hydrogen-bond acceptors (Lipinski definition) is 7. The molecule has 24 atom stereocenters. The average Bonchev–Trinajstić information content (AvgIpc) is 4.10. The van der Waals surface area contributed by atoms with Crippen molar-refractivity contribution >= 4 is 35.2 Å². The molecule has 284 valence electrons. The second kappa shape index (κ2) is 12.1. The third-order valence-corrected chi connectivity index (χ3v) is 33.4. The molecule has 0 amide bonds. The molecule has 4 heterocycles. The fourth-order valence-electron chi connectivity index (χ4n) is 15.7. The molecule has 11 heteroatoms. The molecule has 0 aromatic rings. The first-order valence-electron chi connectivity index (χ1n) is 22.4. The van der Waals surface area contributed by atoms with Gasteiger partial charge in [0.05, 0.1) is 48.8 Å². The van der Waals surface area contributed by atoms with Crippen molar-refractivity contribution in [1.82, 2.24) is 0 Å². The molecule has 4 aliphatic heterocycles. The highest BCUT2D eigenvalue weighted by Gasteiger charge is 2.66. The predicted molar refractivity (Wildman–Crippen MR) is 204 cm³/mol. The van der Waals surface area contributed by atoms with Crippen LogP contribution < -0.4 is 0 Å². The van der Waals surface area contributed by atoms with Crippen molar-refractivity contribution in [3.05, 3.63) is 0 Å². The van der Waals surface area contributed by atoms with E-state index in [-0.39, 0.29) is 0 Å². The van der Waals surface area contributed by atoms with E-state index in [1.54, 1.807) is 0 Å². The van der Waals surface area contributed by atoms with Gasteiger partial charge in [0, 0.05) is 0 Å². The molecule has 12 aliphatic rings. The maximum absolute atomic E-state index is 7.81. The fourth-order valence-corrected chi connectivity index (χ4v) is 33.7. The molecule has 7 nitrogen and oxygen atoms in total. The minimum absolute atomic E-state index is 0.590. The van der Waals surface area contributed by atoms with Crippen LogP contribution in [0.15, 0.2) is 0 Å². The molecule has 12 rings (SSSR count). The maximum Gasteiger partial charge on any atom is 0.315 e. The maximum atomic E-state index is 7.81. The second-order valence-electron chi connectivity index (χ2n) is 21.3. The molecular weight excluding hydrogens is 705 g/mol. The quantitative estimate of drug-likeness (QED) is 0.108. The zero-order chi connectivity index (χ0) is 34.0. The zero-order valence-electron chi connectivity index (χ0n) is 31.9. The van der Waals surface area contributed by atoms with Gasteiger partial charge in [-0.25, -0.2) is 0 Å². The van der Waals surface area contributed by atoms with Gasteiger partial charge in [0.2, 0.25) is 0 Å². The summed E-state index contributed by atoms with van der Waals surface area (Å²) in [4.78, 5) is 0. The van der Waals surface area contributed by atoms with Gasteiger partial charge < -0.3 is 31.3 Å². The highest BCUT2D eigenvalue weighted by atomic mass is 28.5. The Hall–Kier alpha value is 0.588. The highest BCUT2D eigenvalue weighted by molar-refractivity contribution is 6.85. The normalized spacial score (nSPS) is 56.7. The van der Waals surface area contributed by atoms with Gasteiger partial charge >= 0.3 is 17.1 Å². The van der Waals surface area contributed by atoms with Crippen LogP contribution in [0.2, 0.25) is 50.4 Å². The molecule has 23 unspecified atom stereocenters. The Morgan fingerprint density at radius 3 is 1.06 bits per heavy atom. The van der Waals surface area contributed by atoms with Crippen LogP contribution in [0, 0.1) is 71.0 Å². The van der Waals surface area contributed by atoms with E-state index in [0.717, 1.165) is 83.1 Å². The molecule has 51 heavy (non-hydrogen) atoms. The van der Waals surface area contributed by atoms with Crippen molar-refractivity contribution < 1.29 is 31.3 Å². The van der Waals surface area contributed by atoms with Crippen molar-refractivity contribution in [2.24, 2.45) is 71.0 Å². The van der Waals surface area contributed by atoms with Crippen LogP contribution in [0.25, 0.3) is 0 Å². The van der Waals surface area contributed by atoms with Gasteiger partial charge in [0.25, 0.3) is 0 Å². The van der Waals surface area contributed by atoms with Crippen molar-refractivity contribution in [2.75, 3.05) is 0 Å². The Morgan fingerprint density at radius 2 is 0.765 bits per heavy atom. The summed E-state index contributed by atoms with van der Waals surface area (Å²) in [6.45, 7) is 10.0. The Balaban J connectivity index is 0.740. The van der Waals surface area contributed by atoms with E-state index in [0.29, 0.717) is 48.8 Å². The van der Waals surface area contributed by atoms with Gasteiger partial charge in [-0.2, -0.15) is 0 Å². The van der Waals surface area contributed by atoms with E-state index in [2.05, 4.69) is 26.2 Å². The Labute approximate surface area is 312 Å². The summed E-state index contributed by atoms with van der Waals surface area (Å²) >= 11 is 0. The number of epoxide rings is 4. The van der Waals surface area contributed by atoms with Crippen LogP contribution in [-0.2, 0) is 31.3 Å². The molecule has 0 radical (unpaired) electrons. The van der Waals surface area contributed by atoms with Gasteiger partial charge in [0.1, 0.15) is 0 Å². The Kier molecular flexibility index (Phi) is 7.97. The lowest BCUT2D eigenvalue weighted by atomic mass is 9.87. The zero-order valence-corrected chi connectivity index (χ0v) is 36.2. The smallest absolute Gasteiger partial charge is 0.315 e. The van der Waals surface area contributed by atoms with Crippen LogP contribution in [0.4, 0.5) is 0 Å². The van der Waals surface area contributed by atoms with Crippen molar-refractivity contribution in [3.63, 3.8) is 0 Å². The minimum Gasteiger partial charge on any atom is -0.439 e. The van der Waals surface area contributed by atoms with Crippen LogP contribution in [-0.4, -0.2) is 84.0 Å². The third-order valence-electron chi connectivity index (χ3n) is 18.1. The highest BCUT2D eigenvalue weighted by Crippen LogP contribution is 2.63. The lowest BCUT2D eigenvalue weighted by molar-refractivity contribution is 0.243. The number of ether oxygens (including phenoxy) is 4. The van der Waals surface area contributed by atoms with E-state index in [1.807, 2.05) is 0 Å². The molecule has 0 N–H and O–H groups in total. The molecule has 0 spiro atoms. The first-order valence-corrected chi connectivity index (χ1v) is 32.3. The first kappa shape index (κ1) is 33.7. The van der Waals surface area contributed by atoms with Crippen LogP contribution in [0.5, 0.6) is 0 Å². The van der Waals surface area contributed by atoms with Crippen LogP contribution in [0.3, 0.4) is 0 Å². The summed E-state index contributed by atoms with van der Waals surface area (Å²) in [5, 5.41) is 0. The largest absolute Gasteiger partial charge is 0.439 e. The van der Waals surface area contributed by atoms with Gasteiger partial charge in [-0.15, -0.1) is 0 Å². The van der Waals surface area contributed by atoms with Crippen LogP contribution >= 0.6 is 0 Å². The molecule has 0 aromatic heterocycles. The summed E-state index contributed by atoms with van der Waals surface area (Å²) in [7, 11) is -7.72. The van der Waals surface area contributed by atoms with Crippen LogP contribution in [0.1, 0.15) is 77.0 Å². The molecule has 8 bridgehead atoms. The molecule has 0 aromatic carbocycles. The first-order chi connectivity index (χ1) is 24.7. The van der Waals surface area contributed by atoms with E-state index >= 15 is 0 Å². The summed E-state index contributed by atoms with van der Waals surface area (Å²) in [5.41, 5.74) is 0. The van der Waals surface area contributed by atoms with Gasteiger partial charge in [-0.3, -0.25) is 0 Å². The van der Waals surface area contributed by atoms with Crippen molar-refractivity contribution in [2.45, 2.75) is 176 Å². The van der Waals surface area contributed by atoms with Crippen molar-refractivity contribution in [3.8, 4) is 0 Å². The summed E-state index contributed by atoms with van der Waals surface area (Å²) < 4.78 is 47.2. The van der Waals surface area contributed by atoms with Crippen molar-refractivity contribution in [1.29, 1.82) is 0 Å². The summed E-state index contributed by atoms with van der Waals surface area (Å²) in [6.07, 6.45) is 21.6. The van der Waals surface area contributed by atoms with E-state index < -0.39 is 35.2 Å². The third kappa shape index (κ3) is 5.87. The molecule has 8 saturated carbocycles. The van der Waals surface area contributed by atoms with Gasteiger partial charge in [-0.1, -0.05) is 12.8 Å². The summed E-state index contributed by atoms with van der Waals surface area (Å²) in [6, 6.07) is 4.91. The molecule has 12 fully saturated rings. The standard InChI is InChI=1S/C40H66O7Si4/c1-48(9-5-21-13-25-17-29(21)37-33(25)41-37)45-50(3,11-7-23-15-27-19-31(23)39-35(27)43-39)47-51(4,12-8-24-16-28-20-32(24)40-36(28)44-40)46-49(2)10-6-22-14-26-18-30(22)38-34(26)42-38/h21-40,48-49H,5-20H2,1-4H3/t21?,22?,23?,24?,25?,26?,27?,28?,29?,30?,31?,32?,33?,34?,35-,36?,37?,38?,39?,40?,48?,49?,50?,51?/m0/s1. The SMILES string of the molecule is C[SiH](CCC1CC2CC1C1OC21)O[Si](C)(CCC1CC2CC1C1OC21)O[Si](C)(CCC1CC2CC1C1O[C@@H]21)O[SiH](C)CCC1CC2CC1C1OC21. The number of hydrogen-bond donors (Lipinski definition) is 0. The van der Waals surface area contributed by atoms with E-state index in [4.69, 9.17) is 31.3 Å². The summed E-state index contributed by atoms with van der Waals surface area (Å²) in [5.74, 6) is 10.1. The lowest BCUT2D eigenvalue weighted by Crippen LogP contribution is -2.55. The number of rotatable bonds is 18. The second-order valence-corrected chi connectivity index (χ2v) is 34.0. The lowest BCUT2D eigenvalue weighted by Gasteiger charge is -2.41. The fraction of sp³-hybridized carbons (Fsp3) is 1.00. The molecule has 8 aliphatic carbocycles. The van der Waals surface area contributed by atoms with Gasteiger partial charge in [0.15, 0.2) is 18.1 Å².